The third-order valence-corrected chi connectivity index (χ3v) is 5.64. The molecule has 134 valence electrons. The molecule has 0 N–H and O–H groups in total. The van der Waals surface area contributed by atoms with E-state index in [1.54, 1.807) is 21.8 Å². The number of hydrogen-bond donors (Lipinski definition) is 0. The Bertz CT molecular complexity index is 903. The predicted molar refractivity (Wildman–Crippen MR) is 102 cm³/mol. The molecule has 1 aliphatic rings. The van der Waals surface area contributed by atoms with Gasteiger partial charge in [-0.1, -0.05) is 23.2 Å². The first-order chi connectivity index (χ1) is 12.6. The molecule has 7 nitrogen and oxygen atoms in total. The summed E-state index contributed by atoms with van der Waals surface area (Å²) in [4.78, 5) is 16.5. The number of rotatable bonds is 3. The van der Waals surface area contributed by atoms with E-state index in [0.29, 0.717) is 46.2 Å². The molecule has 4 heterocycles. The fourth-order valence-corrected chi connectivity index (χ4v) is 4.26. The Morgan fingerprint density at radius 2 is 1.81 bits per heavy atom. The highest BCUT2D eigenvalue weighted by molar-refractivity contribution is 7.20. The number of amides is 1. The van der Waals surface area contributed by atoms with E-state index in [4.69, 9.17) is 23.2 Å². The highest BCUT2D eigenvalue weighted by Gasteiger charge is 2.25. The van der Waals surface area contributed by atoms with Gasteiger partial charge in [0.15, 0.2) is 11.6 Å². The van der Waals surface area contributed by atoms with Crippen LogP contribution in [0, 0.1) is 0 Å². The molecule has 1 amide bonds. The predicted octanol–water partition coefficient (Wildman–Crippen LogP) is 2.99. The number of anilines is 1. The van der Waals surface area contributed by atoms with E-state index in [1.807, 2.05) is 24.4 Å². The van der Waals surface area contributed by atoms with Crippen molar-refractivity contribution in [3.63, 3.8) is 0 Å². The van der Waals surface area contributed by atoms with Crippen LogP contribution in [0.15, 0.2) is 36.7 Å². The minimum Gasteiger partial charge on any atom is -0.352 e. The van der Waals surface area contributed by atoms with E-state index in [-0.39, 0.29) is 5.91 Å². The normalized spacial score (nSPS) is 14.7. The Labute approximate surface area is 163 Å². The third-order valence-electron chi connectivity index (χ3n) is 4.15. The zero-order valence-corrected chi connectivity index (χ0v) is 15.9. The molecule has 4 rings (SSSR count). The minimum absolute atomic E-state index is 0.0853. The average Bonchev–Trinajstić information content (AvgIpc) is 3.31. The Kier molecular flexibility index (Phi) is 4.80. The lowest BCUT2D eigenvalue weighted by Crippen LogP contribution is -2.49. The van der Waals surface area contributed by atoms with Gasteiger partial charge in [-0.05, 0) is 24.3 Å². The molecule has 0 bridgehead atoms. The van der Waals surface area contributed by atoms with Gasteiger partial charge in [0.05, 0.1) is 9.90 Å². The SMILES string of the molecule is O=C(c1cc(Cl)sc1Cl)N1CCN(c2ccc(-n3cccn3)nn2)CC1. The summed E-state index contributed by atoms with van der Waals surface area (Å²) in [6, 6.07) is 7.25. The summed E-state index contributed by atoms with van der Waals surface area (Å²) in [7, 11) is 0. The summed E-state index contributed by atoms with van der Waals surface area (Å²) in [6.07, 6.45) is 3.51. The third kappa shape index (κ3) is 3.40. The molecule has 0 saturated carbocycles. The maximum absolute atomic E-state index is 12.6. The van der Waals surface area contributed by atoms with Crippen molar-refractivity contribution in [2.24, 2.45) is 0 Å². The minimum atomic E-state index is -0.0853. The first-order valence-electron chi connectivity index (χ1n) is 7.94. The van der Waals surface area contributed by atoms with Crippen LogP contribution in [0.5, 0.6) is 0 Å². The van der Waals surface area contributed by atoms with E-state index in [0.717, 1.165) is 5.82 Å². The van der Waals surface area contributed by atoms with Crippen LogP contribution in [-0.4, -0.2) is 57.0 Å². The van der Waals surface area contributed by atoms with Crippen molar-refractivity contribution in [2.75, 3.05) is 31.1 Å². The number of carbonyl (C=O) groups excluding carboxylic acids is 1. The summed E-state index contributed by atoms with van der Waals surface area (Å²) >= 11 is 13.2. The van der Waals surface area contributed by atoms with Crippen molar-refractivity contribution in [3.05, 3.63) is 50.9 Å². The Hall–Kier alpha value is -2.16. The van der Waals surface area contributed by atoms with E-state index >= 15 is 0 Å². The number of hydrogen-bond acceptors (Lipinski definition) is 6. The van der Waals surface area contributed by atoms with E-state index in [9.17, 15) is 4.79 Å². The standard InChI is InChI=1S/C16H14Cl2N6OS/c17-12-10-11(15(18)26-12)16(25)23-8-6-22(7-9-23)13-2-3-14(21-20-13)24-5-1-4-19-24/h1-5,10H,6-9H2. The molecule has 0 radical (unpaired) electrons. The number of carbonyl (C=O) groups is 1. The summed E-state index contributed by atoms with van der Waals surface area (Å²) < 4.78 is 2.61. The van der Waals surface area contributed by atoms with Gasteiger partial charge >= 0.3 is 0 Å². The van der Waals surface area contributed by atoms with Gasteiger partial charge in [-0.2, -0.15) is 5.10 Å². The largest absolute Gasteiger partial charge is 0.352 e. The number of piperazine rings is 1. The molecule has 3 aromatic heterocycles. The van der Waals surface area contributed by atoms with Crippen LogP contribution in [0.25, 0.3) is 5.82 Å². The van der Waals surface area contributed by atoms with E-state index in [2.05, 4.69) is 20.2 Å². The van der Waals surface area contributed by atoms with Crippen LogP contribution in [-0.2, 0) is 0 Å². The maximum Gasteiger partial charge on any atom is 0.256 e. The summed E-state index contributed by atoms with van der Waals surface area (Å²) in [5.41, 5.74) is 0.471. The van der Waals surface area contributed by atoms with Crippen molar-refractivity contribution < 1.29 is 4.79 Å². The van der Waals surface area contributed by atoms with Gasteiger partial charge in [0.2, 0.25) is 0 Å². The molecule has 0 aromatic carbocycles. The van der Waals surface area contributed by atoms with Crippen LogP contribution in [0.2, 0.25) is 8.67 Å². The second-order valence-electron chi connectivity index (χ2n) is 5.72. The average molecular weight is 409 g/mol. The zero-order chi connectivity index (χ0) is 18.1. The molecule has 0 spiro atoms. The fraction of sp³-hybridized carbons (Fsp3) is 0.250. The number of aromatic nitrogens is 4. The summed E-state index contributed by atoms with van der Waals surface area (Å²) in [5.74, 6) is 1.36. The molecule has 1 aliphatic heterocycles. The van der Waals surface area contributed by atoms with Crippen LogP contribution in [0.1, 0.15) is 10.4 Å². The molecule has 0 unspecified atom stereocenters. The lowest BCUT2D eigenvalue weighted by atomic mass is 10.2. The van der Waals surface area contributed by atoms with Crippen molar-refractivity contribution >= 4 is 46.3 Å². The maximum atomic E-state index is 12.6. The van der Waals surface area contributed by atoms with Gasteiger partial charge in [0.1, 0.15) is 4.34 Å². The van der Waals surface area contributed by atoms with Gasteiger partial charge in [-0.15, -0.1) is 21.5 Å². The van der Waals surface area contributed by atoms with Gasteiger partial charge in [-0.25, -0.2) is 4.68 Å². The van der Waals surface area contributed by atoms with E-state index in [1.165, 1.54) is 11.3 Å². The van der Waals surface area contributed by atoms with Crippen molar-refractivity contribution in [1.29, 1.82) is 0 Å². The number of nitrogens with zero attached hydrogens (tertiary/aromatic N) is 6. The molecule has 1 fully saturated rings. The fourth-order valence-electron chi connectivity index (χ4n) is 2.81. The summed E-state index contributed by atoms with van der Waals surface area (Å²) in [5, 5.41) is 12.6. The first kappa shape index (κ1) is 17.3. The van der Waals surface area contributed by atoms with Crippen molar-refractivity contribution in [1.82, 2.24) is 24.9 Å². The van der Waals surface area contributed by atoms with Crippen LogP contribution in [0.3, 0.4) is 0 Å². The first-order valence-corrected chi connectivity index (χ1v) is 9.52. The monoisotopic (exact) mass is 408 g/mol. The van der Waals surface area contributed by atoms with Crippen LogP contribution in [0.4, 0.5) is 5.82 Å². The molecular formula is C16H14Cl2N6OS. The Morgan fingerprint density at radius 1 is 1.08 bits per heavy atom. The second kappa shape index (κ2) is 7.22. The van der Waals surface area contributed by atoms with Gasteiger partial charge in [-0.3, -0.25) is 4.79 Å². The van der Waals surface area contributed by atoms with Gasteiger partial charge < -0.3 is 9.80 Å². The molecule has 10 heteroatoms. The van der Waals surface area contributed by atoms with Crippen LogP contribution < -0.4 is 4.90 Å². The van der Waals surface area contributed by atoms with Crippen molar-refractivity contribution in [3.8, 4) is 5.82 Å². The molecule has 26 heavy (non-hydrogen) atoms. The second-order valence-corrected chi connectivity index (χ2v) is 8.00. The Balaban J connectivity index is 1.40. The van der Waals surface area contributed by atoms with Crippen molar-refractivity contribution in [2.45, 2.75) is 0 Å². The Morgan fingerprint density at radius 3 is 2.38 bits per heavy atom. The number of thiophene rings is 1. The topological polar surface area (TPSA) is 67.2 Å². The quantitative estimate of drug-likeness (QED) is 0.666. The van der Waals surface area contributed by atoms with E-state index < -0.39 is 0 Å². The lowest BCUT2D eigenvalue weighted by molar-refractivity contribution is 0.0747. The van der Waals surface area contributed by atoms with Crippen LogP contribution >= 0.6 is 34.5 Å². The molecule has 3 aromatic rings. The van der Waals surface area contributed by atoms with Gasteiger partial charge in [0, 0.05) is 38.6 Å². The highest BCUT2D eigenvalue weighted by Crippen LogP contribution is 2.32. The zero-order valence-electron chi connectivity index (χ0n) is 13.5. The van der Waals surface area contributed by atoms with Gasteiger partial charge in [0.25, 0.3) is 5.91 Å². The smallest absolute Gasteiger partial charge is 0.256 e. The number of halogens is 2. The summed E-state index contributed by atoms with van der Waals surface area (Å²) in [6.45, 7) is 2.53. The molecule has 0 atom stereocenters. The lowest BCUT2D eigenvalue weighted by Gasteiger charge is -2.35. The highest BCUT2D eigenvalue weighted by atomic mass is 35.5. The molecule has 1 saturated heterocycles. The molecular weight excluding hydrogens is 395 g/mol. The molecule has 0 aliphatic carbocycles.